The normalized spacial score (nSPS) is 48.0. The van der Waals surface area contributed by atoms with Crippen molar-refractivity contribution in [2.45, 2.75) is 284 Å². The van der Waals surface area contributed by atoms with Gasteiger partial charge >= 0.3 is 0 Å². The van der Waals surface area contributed by atoms with Crippen LogP contribution in [0.4, 0.5) is 0 Å². The largest absolute Gasteiger partial charge is 0.394 e. The molecule has 48 nitrogen and oxygen atoms in total. The van der Waals surface area contributed by atoms with Crippen LogP contribution in [0.3, 0.4) is 0 Å². The van der Waals surface area contributed by atoms with Crippen LogP contribution < -0.4 is 10.6 Å². The van der Waals surface area contributed by atoms with Gasteiger partial charge in [-0.3, -0.25) is 9.59 Å². The molecule has 0 aliphatic carbocycles. The highest BCUT2D eigenvalue weighted by molar-refractivity contribution is 5.73. The number of hydrogen-bond acceptors (Lipinski definition) is 46. The van der Waals surface area contributed by atoms with Crippen LogP contribution in [0.2, 0.25) is 0 Å². The second-order valence-electron chi connectivity index (χ2n) is 26.5. The van der Waals surface area contributed by atoms with Crippen LogP contribution in [-0.4, -0.2) is 491 Å². The first-order valence-corrected chi connectivity index (χ1v) is 33.6. The number of carbonyl (C=O) groups excluding carboxylic acids is 2. The molecular weight excluding hydrogens is 1460 g/mol. The number of rotatable bonds is 31. The van der Waals surface area contributed by atoms with Gasteiger partial charge in [-0.15, -0.1) is 0 Å². The Morgan fingerprint density at radius 1 is 0.321 bits per heavy atom. The topological polar surface area (TPSA) is 772 Å². The summed E-state index contributed by atoms with van der Waals surface area (Å²) in [5.41, 5.74) is 0. The van der Waals surface area contributed by atoms with Gasteiger partial charge in [0.15, 0.2) is 50.3 Å². The highest BCUT2D eigenvalue weighted by Gasteiger charge is 2.60. The van der Waals surface area contributed by atoms with Gasteiger partial charge in [-0.25, -0.2) is 0 Å². The molecule has 8 aliphatic heterocycles. The van der Waals surface area contributed by atoms with Crippen molar-refractivity contribution < 1.29 is 228 Å². The maximum Gasteiger partial charge on any atom is 0.217 e. The summed E-state index contributed by atoms with van der Waals surface area (Å²) < 4.78 is 93.1. The maximum atomic E-state index is 12.9. The molecular formula is C58H100N2O46. The van der Waals surface area contributed by atoms with Gasteiger partial charge in [-0.2, -0.15) is 0 Å². The van der Waals surface area contributed by atoms with E-state index < -0.39 is 348 Å². The van der Waals surface area contributed by atoms with Crippen LogP contribution >= 0.6 is 0 Å². The van der Waals surface area contributed by atoms with Crippen LogP contribution in [0.5, 0.6) is 0 Å². The van der Waals surface area contributed by atoms with E-state index >= 15 is 0 Å². The Hall–Kier alpha value is -2.82. The lowest BCUT2D eigenvalue weighted by atomic mass is 9.94. The lowest BCUT2D eigenvalue weighted by molar-refractivity contribution is -0.408. The molecule has 0 aromatic rings. The van der Waals surface area contributed by atoms with Gasteiger partial charge in [0.25, 0.3) is 0 Å². The second-order valence-corrected chi connectivity index (χ2v) is 26.5. The number of carbonyl (C=O) groups is 2. The zero-order chi connectivity index (χ0) is 78.4. The number of hydrogen-bond donors (Lipinski definition) is 30. The number of aliphatic hydroxyl groups is 28. The first kappa shape index (κ1) is 88.7. The van der Waals surface area contributed by atoms with Gasteiger partial charge in [0.05, 0.1) is 72.1 Å². The summed E-state index contributed by atoms with van der Waals surface area (Å²) in [4.78, 5) is 24.9. The molecule has 106 heavy (non-hydrogen) atoms. The van der Waals surface area contributed by atoms with Crippen molar-refractivity contribution in [1.29, 1.82) is 0 Å². The van der Waals surface area contributed by atoms with E-state index in [2.05, 4.69) is 10.6 Å². The summed E-state index contributed by atoms with van der Waals surface area (Å²) in [7, 11) is 0. The van der Waals surface area contributed by atoms with E-state index in [1.165, 1.54) is 0 Å². The first-order chi connectivity index (χ1) is 50.1. The molecule has 0 aromatic carbocycles. The molecule has 618 valence electrons. The Bertz CT molecular complexity index is 2660. The van der Waals surface area contributed by atoms with E-state index in [-0.39, 0.29) is 0 Å². The average Bonchev–Trinajstić information content (AvgIpc) is 0.770. The third-order valence-corrected chi connectivity index (χ3v) is 19.2. The highest BCUT2D eigenvalue weighted by Crippen LogP contribution is 2.39. The predicted molar refractivity (Wildman–Crippen MR) is 322 cm³/mol. The van der Waals surface area contributed by atoms with E-state index in [0.717, 1.165) is 13.8 Å². The Labute approximate surface area is 599 Å². The molecule has 48 heteroatoms. The van der Waals surface area contributed by atoms with Crippen molar-refractivity contribution in [3.05, 3.63) is 0 Å². The third kappa shape index (κ3) is 19.7. The van der Waals surface area contributed by atoms with Crippen LogP contribution in [0.1, 0.15) is 13.8 Å². The molecule has 0 unspecified atom stereocenters. The SMILES string of the molecule is CC(=O)N[C@H]1[C@H](O[C@@H]([C@H](O)[C@H](CO)NC(C)=O)[C@H](O)CO)O[C@H](CO)[C@@H](O[C@@H]2O[C@H](CO[C@H]3O[C@H](CO[C@H]4O[C@H](CO)[C@@H](O)[C@H](O)[C@@H]4O)[C@@H](O)[C@H](O[C@@H]4O[C@H](CO)[C@@H](O)[C@H](O)[C@@H]4O)[C@H]3O)[C@@H](O)[C@H](O[C@H]3O[C@H](CO)[C@@H](O)[C@H](O)[C@@H]3O[C@H]3O[C@H](CO)[C@@H](O)[C@H](O)[C@@H]3O[C@H]3O[C@H](CO)[C@@H](O)[C@H](O)[C@@H]3O)[C@@H]2O)[C@@H]1O. The number of ether oxygens (including phenoxy) is 16. The fourth-order valence-corrected chi connectivity index (χ4v) is 13.1. The molecule has 8 rings (SSSR count). The lowest BCUT2D eigenvalue weighted by Crippen LogP contribution is -2.70. The van der Waals surface area contributed by atoms with Crippen LogP contribution in [0.25, 0.3) is 0 Å². The minimum absolute atomic E-state index is 0.813. The monoisotopic (exact) mass is 1560 g/mol. The van der Waals surface area contributed by atoms with Crippen molar-refractivity contribution >= 4 is 11.8 Å². The highest BCUT2D eigenvalue weighted by atomic mass is 16.8. The molecule has 8 heterocycles. The zero-order valence-electron chi connectivity index (χ0n) is 56.3. The minimum Gasteiger partial charge on any atom is -0.394 e. The Kier molecular flexibility index (Phi) is 32.9. The standard InChI is InChI=1S/C58H100N2O46/c1-13(69)59-15(3-61)26(72)45(16(71)4-62)101-51-25(60-14(2)70)34(80)46(22(10-68)98-51)102-56-44(90)48(104-57-50(39(85)31(77)20(8-66)96-57)106-58-49(38(84)30(76)21(9-67)97-58)105-55-42(88)37(83)29(75)19(7-65)95-55)33(79)24(100-56)12-92-53-43(89)47(103-54-41(87)36(82)28(74)18(6-64)94-54)32(78)23(99-53)11-91-52-40(86)35(81)27(73)17(5-63)93-52/h15-58,61-68,71-90H,3-12H2,1-2H3,(H,59,69)(H,60,70)/t15-,16+,17+,18+,19+,20+,21+,22+,23+,24+,25+,26+,27+,28+,29+,30+,31+,32+,33+,34+,35-,36-,37-,38-,39-,40-,41-,42-,43+,44-,45+,46+,47-,48-,49-,50-,51-,52-,53-,54-,55+,56-,57+,58+/m0/s1. The molecule has 30 N–H and O–H groups in total. The zero-order valence-corrected chi connectivity index (χ0v) is 56.3. The predicted octanol–water partition coefficient (Wildman–Crippen LogP) is -20.7. The van der Waals surface area contributed by atoms with Crippen LogP contribution in [-0.2, 0) is 85.4 Å². The van der Waals surface area contributed by atoms with E-state index in [1.807, 2.05) is 0 Å². The summed E-state index contributed by atoms with van der Waals surface area (Å²) in [5, 5.41) is 311. The van der Waals surface area contributed by atoms with E-state index in [0.29, 0.717) is 0 Å². The summed E-state index contributed by atoms with van der Waals surface area (Å²) >= 11 is 0. The van der Waals surface area contributed by atoms with Crippen LogP contribution in [0, 0.1) is 0 Å². The minimum atomic E-state index is -2.61. The van der Waals surface area contributed by atoms with Crippen molar-refractivity contribution in [2.75, 3.05) is 66.1 Å². The first-order valence-electron chi connectivity index (χ1n) is 33.6. The third-order valence-electron chi connectivity index (χ3n) is 19.2. The van der Waals surface area contributed by atoms with Gasteiger partial charge in [0, 0.05) is 13.8 Å². The fraction of sp³-hybridized carbons (Fsp3) is 0.966. The molecule has 0 saturated carbocycles. The molecule has 0 bridgehead atoms. The van der Waals surface area contributed by atoms with Crippen molar-refractivity contribution in [1.82, 2.24) is 10.6 Å². The molecule has 8 aliphatic rings. The number of nitrogens with one attached hydrogen (secondary N) is 2. The Balaban J connectivity index is 1.16. The lowest BCUT2D eigenvalue weighted by Gasteiger charge is -2.51. The number of amides is 2. The molecule has 8 saturated heterocycles. The molecule has 0 spiro atoms. The quantitative estimate of drug-likeness (QED) is 0.0306. The second kappa shape index (κ2) is 39.3. The summed E-state index contributed by atoms with van der Waals surface area (Å²) in [6, 6.07) is -3.63. The van der Waals surface area contributed by atoms with Gasteiger partial charge in [-0.05, 0) is 0 Å². The van der Waals surface area contributed by atoms with Crippen molar-refractivity contribution in [3.8, 4) is 0 Å². The van der Waals surface area contributed by atoms with E-state index in [9.17, 15) is 153 Å². The van der Waals surface area contributed by atoms with Gasteiger partial charge in [-0.1, -0.05) is 0 Å². The smallest absolute Gasteiger partial charge is 0.217 e. The van der Waals surface area contributed by atoms with Crippen molar-refractivity contribution in [2.24, 2.45) is 0 Å². The molecule has 2 amide bonds. The van der Waals surface area contributed by atoms with Crippen molar-refractivity contribution in [3.63, 3.8) is 0 Å². The molecule has 0 aromatic heterocycles. The van der Waals surface area contributed by atoms with Crippen LogP contribution in [0.15, 0.2) is 0 Å². The average molecular weight is 1560 g/mol. The molecule has 44 atom stereocenters. The summed E-state index contributed by atoms with van der Waals surface area (Å²) in [6.45, 7) is -9.11. The Morgan fingerprint density at radius 3 is 1.05 bits per heavy atom. The van der Waals surface area contributed by atoms with E-state index in [1.54, 1.807) is 0 Å². The molecule has 8 fully saturated rings. The maximum absolute atomic E-state index is 12.9. The molecule has 0 radical (unpaired) electrons. The fourth-order valence-electron chi connectivity index (χ4n) is 13.1. The summed E-state index contributed by atoms with van der Waals surface area (Å²) in [6.07, 6.45) is -90.4. The van der Waals surface area contributed by atoms with Gasteiger partial charge < -0.3 is 229 Å². The van der Waals surface area contributed by atoms with Gasteiger partial charge in [0.1, 0.15) is 214 Å². The summed E-state index contributed by atoms with van der Waals surface area (Å²) in [5.74, 6) is -1.80. The number of aliphatic hydroxyl groups excluding tert-OH is 28. The Morgan fingerprint density at radius 2 is 0.642 bits per heavy atom. The van der Waals surface area contributed by atoms with E-state index in [4.69, 9.17) is 75.8 Å². The van der Waals surface area contributed by atoms with Gasteiger partial charge in [0.2, 0.25) is 11.8 Å².